The first-order valence-electron chi connectivity index (χ1n) is 10.5. The van der Waals surface area contributed by atoms with Gasteiger partial charge in [0.05, 0.1) is 9.79 Å². The van der Waals surface area contributed by atoms with Crippen LogP contribution in [0, 0.1) is 0 Å². The van der Waals surface area contributed by atoms with Crippen molar-refractivity contribution < 1.29 is 21.6 Å². The molecule has 0 radical (unpaired) electrons. The Kier molecular flexibility index (Phi) is 11.0. The van der Waals surface area contributed by atoms with E-state index in [-0.39, 0.29) is 80.6 Å². The Bertz CT molecular complexity index is 1490. The Morgan fingerprint density at radius 2 is 1.47 bits per heavy atom. The molecule has 0 bridgehead atoms. The Balaban J connectivity index is 0.00000228. The number of nitrogens with one attached hydrogen (secondary N) is 1. The molecule has 1 atom stereocenters. The number of benzene rings is 3. The molecule has 0 spiro atoms. The first-order valence-corrected chi connectivity index (χ1v) is 13.6. The topological polar surface area (TPSA) is 142 Å². The summed E-state index contributed by atoms with van der Waals surface area (Å²) >= 11 is 0. The third-order valence-electron chi connectivity index (χ3n) is 5.64. The van der Waals surface area contributed by atoms with Crippen LogP contribution in [-0.4, -0.2) is 76.0 Å². The number of sulfonamides is 2. The Labute approximate surface area is 256 Å². The second-order valence-electron chi connectivity index (χ2n) is 8.01. The van der Waals surface area contributed by atoms with Gasteiger partial charge in [0.1, 0.15) is 11.9 Å². The molecule has 0 amide bonds. The van der Waals surface area contributed by atoms with Gasteiger partial charge >= 0.3 is 59.1 Å². The van der Waals surface area contributed by atoms with Crippen molar-refractivity contribution in [2.75, 3.05) is 0 Å². The Morgan fingerprint density at radius 1 is 0.833 bits per heavy atom. The summed E-state index contributed by atoms with van der Waals surface area (Å²) in [6.07, 6.45) is 2.64. The number of ether oxygens (including phenoxy) is 1. The van der Waals surface area contributed by atoms with E-state index in [9.17, 15) is 16.8 Å². The summed E-state index contributed by atoms with van der Waals surface area (Å²) in [4.78, 5) is -0.205. The van der Waals surface area contributed by atoms with Gasteiger partial charge in [-0.15, -0.1) is 0 Å². The zero-order chi connectivity index (χ0) is 24.5. The van der Waals surface area contributed by atoms with E-state index in [1.165, 1.54) is 35.4 Å². The van der Waals surface area contributed by atoms with Crippen LogP contribution in [0.2, 0.25) is 0 Å². The van der Waals surface area contributed by atoms with Crippen LogP contribution in [0.5, 0.6) is 5.75 Å². The van der Waals surface area contributed by atoms with Crippen molar-refractivity contribution in [3.63, 3.8) is 0 Å². The summed E-state index contributed by atoms with van der Waals surface area (Å²) in [7, 11) is -8.04. The molecule has 1 unspecified atom stereocenters. The maximum atomic E-state index is 12.3. The summed E-state index contributed by atoms with van der Waals surface area (Å²) in [6, 6.07) is 16.8. The van der Waals surface area contributed by atoms with Gasteiger partial charge in [-0.2, -0.15) is 0 Å². The molecule has 1 aliphatic rings. The number of rotatable bonds is 7. The van der Waals surface area contributed by atoms with Crippen molar-refractivity contribution in [2.24, 2.45) is 10.3 Å². The molecular formula is C24H27N3Na2O5S2. The molecule has 0 saturated carbocycles. The molecule has 36 heavy (non-hydrogen) atoms. The first kappa shape index (κ1) is 31.2. The fourth-order valence-corrected chi connectivity index (χ4v) is 5.51. The summed E-state index contributed by atoms with van der Waals surface area (Å²) in [5.41, 5.74) is 4.05. The Morgan fingerprint density at radius 3 is 2.14 bits per heavy atom. The molecule has 3 aromatic rings. The van der Waals surface area contributed by atoms with E-state index in [1.54, 1.807) is 30.3 Å². The van der Waals surface area contributed by atoms with E-state index in [0.29, 0.717) is 11.3 Å². The van der Waals surface area contributed by atoms with Crippen LogP contribution < -0.4 is 20.3 Å². The van der Waals surface area contributed by atoms with Crippen molar-refractivity contribution in [3.05, 3.63) is 88.5 Å². The summed E-state index contributed by atoms with van der Waals surface area (Å²) in [5, 5.41) is 14.1. The molecule has 3 aromatic carbocycles. The van der Waals surface area contributed by atoms with Gasteiger partial charge in [0.2, 0.25) is 20.0 Å². The van der Waals surface area contributed by atoms with E-state index < -0.39 is 20.0 Å². The van der Waals surface area contributed by atoms with Crippen LogP contribution in [0.4, 0.5) is 0 Å². The van der Waals surface area contributed by atoms with Gasteiger partial charge in [-0.1, -0.05) is 48.6 Å². The van der Waals surface area contributed by atoms with Crippen molar-refractivity contribution in [1.82, 2.24) is 5.32 Å². The van der Waals surface area contributed by atoms with Gasteiger partial charge < -0.3 is 10.1 Å². The molecule has 1 aliphatic heterocycles. The quantitative estimate of drug-likeness (QED) is 0.303. The first-order chi connectivity index (χ1) is 16.0. The summed E-state index contributed by atoms with van der Waals surface area (Å²) in [6.45, 7) is 3.47. The molecule has 1 heterocycles. The summed E-state index contributed by atoms with van der Waals surface area (Å²) < 4.78 is 54.4. The van der Waals surface area contributed by atoms with E-state index in [1.807, 2.05) is 19.1 Å². The number of hydrogen-bond acceptors (Lipinski definition) is 6. The predicted octanol–water partition coefficient (Wildman–Crippen LogP) is 1.60. The third-order valence-corrected chi connectivity index (χ3v) is 7.59. The Hall–Kier alpha value is -1.02. The maximum absolute atomic E-state index is 12.3. The standard InChI is InChI=1S/C24H25N3O5S2.2Na.2H/c1-16(21-7-4-6-19-14-27-15-22(19)21)32-20-12-11-18(24(13-20)34(26,30)31)10-9-17-5-2-3-8-23(17)33(25,28)29;;;;/h2-13,16,27H,14-15H2,1H3,(H2,25,28,29)(H2,26,30,31);;;;. The summed E-state index contributed by atoms with van der Waals surface area (Å²) in [5.74, 6) is 0.349. The normalized spacial score (nSPS) is 14.0. The average molecular weight is 548 g/mol. The van der Waals surface area contributed by atoms with Crippen molar-refractivity contribution in [1.29, 1.82) is 0 Å². The van der Waals surface area contributed by atoms with Crippen molar-refractivity contribution in [2.45, 2.75) is 35.9 Å². The predicted molar refractivity (Wildman–Crippen MR) is 145 cm³/mol. The van der Waals surface area contributed by atoms with Crippen LogP contribution in [0.3, 0.4) is 0 Å². The SMILES string of the molecule is CC(Oc1ccc(C=Cc2ccccc2S(N)(=O)=O)c(S(N)(=O)=O)c1)c1cccc2c1CNC2.[NaH].[NaH]. The zero-order valence-corrected chi connectivity index (χ0v) is 20.1. The molecule has 0 aromatic heterocycles. The minimum absolute atomic E-state index is 0. The van der Waals surface area contributed by atoms with Crippen LogP contribution in [0.25, 0.3) is 12.2 Å². The number of nitrogens with two attached hydrogens (primary N) is 2. The van der Waals surface area contributed by atoms with Gasteiger partial charge in [-0.3, -0.25) is 0 Å². The van der Waals surface area contributed by atoms with Crippen LogP contribution in [-0.2, 0) is 33.1 Å². The minimum atomic E-state index is -4.09. The van der Waals surface area contributed by atoms with Crippen LogP contribution in [0.15, 0.2) is 70.5 Å². The molecule has 182 valence electrons. The average Bonchev–Trinajstić information content (AvgIpc) is 3.26. The van der Waals surface area contributed by atoms with E-state index in [4.69, 9.17) is 15.0 Å². The van der Waals surface area contributed by atoms with Gasteiger partial charge in [0, 0.05) is 19.2 Å². The molecule has 0 fully saturated rings. The van der Waals surface area contributed by atoms with E-state index >= 15 is 0 Å². The van der Waals surface area contributed by atoms with Crippen LogP contribution >= 0.6 is 0 Å². The van der Waals surface area contributed by atoms with Crippen molar-refractivity contribution in [3.8, 4) is 5.75 Å². The number of primary sulfonamides is 2. The van der Waals surface area contributed by atoms with Crippen LogP contribution in [0.1, 0.15) is 40.8 Å². The van der Waals surface area contributed by atoms with Gasteiger partial charge in [-0.05, 0) is 52.9 Å². The van der Waals surface area contributed by atoms with E-state index in [0.717, 1.165) is 18.7 Å². The van der Waals surface area contributed by atoms with Gasteiger partial charge in [0.15, 0.2) is 0 Å². The fourth-order valence-electron chi connectivity index (χ4n) is 4.04. The molecular weight excluding hydrogens is 520 g/mol. The number of fused-ring (bicyclic) bond motifs is 1. The third kappa shape index (κ3) is 7.30. The second kappa shape index (κ2) is 12.7. The molecule has 8 nitrogen and oxygen atoms in total. The molecule has 0 aliphatic carbocycles. The number of hydrogen-bond donors (Lipinski definition) is 3. The van der Waals surface area contributed by atoms with Gasteiger partial charge in [0.25, 0.3) is 0 Å². The fraction of sp³-hybridized carbons (Fsp3) is 0.167. The molecule has 12 heteroatoms. The molecule has 5 N–H and O–H groups in total. The monoisotopic (exact) mass is 547 g/mol. The zero-order valence-electron chi connectivity index (χ0n) is 18.4. The second-order valence-corrected chi connectivity index (χ2v) is 11.1. The van der Waals surface area contributed by atoms with E-state index in [2.05, 4.69) is 11.4 Å². The molecule has 4 rings (SSSR count). The van der Waals surface area contributed by atoms with Crippen molar-refractivity contribution >= 4 is 91.3 Å². The molecule has 0 saturated heterocycles. The van der Waals surface area contributed by atoms with Gasteiger partial charge in [-0.25, -0.2) is 27.1 Å².